The van der Waals surface area contributed by atoms with Gasteiger partial charge in [-0.2, -0.15) is 0 Å². The minimum absolute atomic E-state index is 0.743. The van der Waals surface area contributed by atoms with Crippen LogP contribution in [0.25, 0.3) is 5.69 Å². The third-order valence-electron chi connectivity index (χ3n) is 2.55. The van der Waals surface area contributed by atoms with Crippen molar-refractivity contribution in [1.29, 1.82) is 0 Å². The Bertz CT molecular complexity index is 422. The molecule has 2 rings (SSSR count). The lowest BCUT2D eigenvalue weighted by molar-refractivity contribution is 0.199. The fraction of sp³-hybridized carbons (Fsp3) is 0.308. The van der Waals surface area contributed by atoms with Crippen LogP contribution in [0.4, 0.5) is 0 Å². The van der Waals surface area contributed by atoms with E-state index in [0.717, 1.165) is 25.4 Å². The van der Waals surface area contributed by atoms with Gasteiger partial charge in [-0.05, 0) is 17.7 Å². The van der Waals surface area contributed by atoms with Crippen molar-refractivity contribution < 1.29 is 4.74 Å². The highest BCUT2D eigenvalue weighted by Crippen LogP contribution is 2.08. The predicted octanol–water partition coefficient (Wildman–Crippen LogP) is 1.61. The van der Waals surface area contributed by atoms with Crippen LogP contribution in [-0.2, 0) is 11.3 Å². The van der Waals surface area contributed by atoms with E-state index in [-0.39, 0.29) is 0 Å². The van der Waals surface area contributed by atoms with E-state index in [0.29, 0.717) is 0 Å². The van der Waals surface area contributed by atoms with Gasteiger partial charge in [0.1, 0.15) is 0 Å². The van der Waals surface area contributed by atoms with Crippen molar-refractivity contribution in [2.75, 3.05) is 20.3 Å². The van der Waals surface area contributed by atoms with Crippen molar-refractivity contribution in [3.05, 3.63) is 48.5 Å². The standard InChI is InChI=1S/C13H17N3O/c1-17-9-7-14-10-12-2-4-13(5-3-12)16-8-6-15-11-16/h2-6,8,11,14H,7,9-10H2,1H3. The van der Waals surface area contributed by atoms with E-state index in [9.17, 15) is 0 Å². The van der Waals surface area contributed by atoms with Crippen LogP contribution in [0.3, 0.4) is 0 Å². The number of imidazole rings is 1. The van der Waals surface area contributed by atoms with Crippen LogP contribution < -0.4 is 5.32 Å². The van der Waals surface area contributed by atoms with Crippen LogP contribution in [0.15, 0.2) is 43.0 Å². The van der Waals surface area contributed by atoms with E-state index in [1.807, 2.05) is 10.8 Å². The highest BCUT2D eigenvalue weighted by atomic mass is 16.5. The molecule has 1 aromatic heterocycles. The summed E-state index contributed by atoms with van der Waals surface area (Å²) in [5.74, 6) is 0. The summed E-state index contributed by atoms with van der Waals surface area (Å²) in [7, 11) is 1.71. The Labute approximate surface area is 101 Å². The molecule has 90 valence electrons. The summed E-state index contributed by atoms with van der Waals surface area (Å²) >= 11 is 0. The van der Waals surface area contributed by atoms with Gasteiger partial charge in [0.15, 0.2) is 0 Å². The molecule has 17 heavy (non-hydrogen) atoms. The number of ether oxygens (including phenoxy) is 1. The first-order valence-corrected chi connectivity index (χ1v) is 5.67. The van der Waals surface area contributed by atoms with Crippen molar-refractivity contribution >= 4 is 0 Å². The monoisotopic (exact) mass is 231 g/mol. The second-order valence-corrected chi connectivity index (χ2v) is 3.81. The summed E-state index contributed by atoms with van der Waals surface area (Å²) in [6.45, 7) is 2.49. The fourth-order valence-electron chi connectivity index (χ4n) is 1.60. The van der Waals surface area contributed by atoms with Gasteiger partial charge in [0.2, 0.25) is 0 Å². The summed E-state index contributed by atoms with van der Waals surface area (Å²) < 4.78 is 6.96. The van der Waals surface area contributed by atoms with Gasteiger partial charge in [-0.1, -0.05) is 12.1 Å². The van der Waals surface area contributed by atoms with Crippen LogP contribution in [-0.4, -0.2) is 29.8 Å². The fourth-order valence-corrected chi connectivity index (χ4v) is 1.60. The van der Waals surface area contributed by atoms with E-state index in [4.69, 9.17) is 4.74 Å². The minimum Gasteiger partial charge on any atom is -0.383 e. The molecule has 0 saturated carbocycles. The van der Waals surface area contributed by atoms with Gasteiger partial charge in [-0.25, -0.2) is 4.98 Å². The smallest absolute Gasteiger partial charge is 0.0991 e. The highest BCUT2D eigenvalue weighted by molar-refractivity contribution is 5.34. The molecular weight excluding hydrogens is 214 g/mol. The third kappa shape index (κ3) is 3.41. The number of hydrogen-bond acceptors (Lipinski definition) is 3. The lowest BCUT2D eigenvalue weighted by Crippen LogP contribution is -2.18. The third-order valence-corrected chi connectivity index (χ3v) is 2.55. The van der Waals surface area contributed by atoms with Crippen molar-refractivity contribution in [1.82, 2.24) is 14.9 Å². The molecule has 1 heterocycles. The van der Waals surface area contributed by atoms with Gasteiger partial charge in [0, 0.05) is 38.3 Å². The highest BCUT2D eigenvalue weighted by Gasteiger charge is 1.96. The molecule has 0 aliphatic heterocycles. The molecule has 0 aliphatic rings. The Hall–Kier alpha value is -1.65. The van der Waals surface area contributed by atoms with Crippen LogP contribution in [0.5, 0.6) is 0 Å². The SMILES string of the molecule is COCCNCc1ccc(-n2ccnc2)cc1. The van der Waals surface area contributed by atoms with Crippen LogP contribution >= 0.6 is 0 Å². The van der Waals surface area contributed by atoms with Crippen molar-refractivity contribution in [3.8, 4) is 5.69 Å². The molecule has 0 unspecified atom stereocenters. The first kappa shape index (κ1) is 11.8. The molecule has 0 saturated heterocycles. The summed E-state index contributed by atoms with van der Waals surface area (Å²) in [5, 5.41) is 3.31. The van der Waals surface area contributed by atoms with Crippen LogP contribution in [0, 0.1) is 0 Å². The maximum absolute atomic E-state index is 4.98. The second-order valence-electron chi connectivity index (χ2n) is 3.81. The first-order chi connectivity index (χ1) is 8.40. The molecule has 1 N–H and O–H groups in total. The molecule has 0 bridgehead atoms. The Morgan fingerprint density at radius 2 is 2.12 bits per heavy atom. The van der Waals surface area contributed by atoms with Gasteiger partial charge in [0.25, 0.3) is 0 Å². The van der Waals surface area contributed by atoms with E-state index in [1.165, 1.54) is 5.56 Å². The average Bonchev–Trinajstić information content (AvgIpc) is 2.89. The van der Waals surface area contributed by atoms with Gasteiger partial charge in [-0.3, -0.25) is 0 Å². The van der Waals surface area contributed by atoms with Gasteiger partial charge < -0.3 is 14.6 Å². The normalized spacial score (nSPS) is 10.6. The lowest BCUT2D eigenvalue weighted by Gasteiger charge is -2.06. The Balaban J connectivity index is 1.90. The number of methoxy groups -OCH3 is 1. The zero-order valence-electron chi connectivity index (χ0n) is 9.97. The average molecular weight is 231 g/mol. The maximum Gasteiger partial charge on any atom is 0.0991 e. The number of benzene rings is 1. The van der Waals surface area contributed by atoms with E-state index in [2.05, 4.69) is 34.6 Å². The zero-order chi connectivity index (χ0) is 11.9. The largest absolute Gasteiger partial charge is 0.383 e. The van der Waals surface area contributed by atoms with Crippen molar-refractivity contribution in [2.24, 2.45) is 0 Å². The predicted molar refractivity (Wildman–Crippen MR) is 67.1 cm³/mol. The molecule has 1 aromatic carbocycles. The second kappa shape index (κ2) is 6.18. The summed E-state index contributed by atoms with van der Waals surface area (Å²) in [6, 6.07) is 8.42. The van der Waals surface area contributed by atoms with Crippen molar-refractivity contribution in [2.45, 2.75) is 6.54 Å². The minimum atomic E-state index is 0.743. The Morgan fingerprint density at radius 1 is 1.29 bits per heavy atom. The molecule has 4 nitrogen and oxygen atoms in total. The zero-order valence-corrected chi connectivity index (χ0v) is 9.97. The molecular formula is C13H17N3O. The quantitative estimate of drug-likeness (QED) is 0.768. The molecule has 0 fully saturated rings. The molecule has 0 aliphatic carbocycles. The van der Waals surface area contributed by atoms with E-state index in [1.54, 1.807) is 19.6 Å². The van der Waals surface area contributed by atoms with E-state index >= 15 is 0 Å². The Kier molecular flexibility index (Phi) is 4.30. The summed E-state index contributed by atoms with van der Waals surface area (Å²) in [4.78, 5) is 4.03. The molecule has 2 aromatic rings. The summed E-state index contributed by atoms with van der Waals surface area (Å²) in [6.07, 6.45) is 5.51. The number of nitrogens with zero attached hydrogens (tertiary/aromatic N) is 2. The van der Waals surface area contributed by atoms with Gasteiger partial charge in [0.05, 0.1) is 12.9 Å². The number of nitrogens with one attached hydrogen (secondary N) is 1. The van der Waals surface area contributed by atoms with E-state index < -0.39 is 0 Å². The number of hydrogen-bond donors (Lipinski definition) is 1. The topological polar surface area (TPSA) is 39.1 Å². The van der Waals surface area contributed by atoms with Crippen LogP contribution in [0.2, 0.25) is 0 Å². The van der Waals surface area contributed by atoms with Gasteiger partial charge >= 0.3 is 0 Å². The van der Waals surface area contributed by atoms with Gasteiger partial charge in [-0.15, -0.1) is 0 Å². The first-order valence-electron chi connectivity index (χ1n) is 5.67. The van der Waals surface area contributed by atoms with Crippen molar-refractivity contribution in [3.63, 3.8) is 0 Å². The number of rotatable bonds is 6. The lowest BCUT2D eigenvalue weighted by atomic mass is 10.2. The Morgan fingerprint density at radius 3 is 2.76 bits per heavy atom. The molecule has 0 atom stereocenters. The maximum atomic E-state index is 4.98. The molecule has 0 radical (unpaired) electrons. The molecule has 0 amide bonds. The molecule has 0 spiro atoms. The van der Waals surface area contributed by atoms with Crippen LogP contribution in [0.1, 0.15) is 5.56 Å². The molecule has 4 heteroatoms. The number of aromatic nitrogens is 2. The summed E-state index contributed by atoms with van der Waals surface area (Å²) in [5.41, 5.74) is 2.40.